The van der Waals surface area contributed by atoms with E-state index in [1.165, 1.54) is 0 Å². The second kappa shape index (κ2) is 3.01. The molecule has 2 aromatic rings. The average molecular weight is 178 g/mol. The Morgan fingerprint density at radius 3 is 2.85 bits per heavy atom. The molecular formula is C8H10N4O. The van der Waals surface area contributed by atoms with Crippen molar-refractivity contribution in [3.8, 4) is 0 Å². The summed E-state index contributed by atoms with van der Waals surface area (Å²) >= 11 is 0. The van der Waals surface area contributed by atoms with Gasteiger partial charge in [0, 0.05) is 6.20 Å². The summed E-state index contributed by atoms with van der Waals surface area (Å²) in [7, 11) is 0. The fraction of sp³-hybridized carbons (Fsp3) is 0.375. The van der Waals surface area contributed by atoms with Crippen LogP contribution in [0.5, 0.6) is 0 Å². The van der Waals surface area contributed by atoms with Gasteiger partial charge < -0.3 is 4.42 Å². The van der Waals surface area contributed by atoms with Gasteiger partial charge >= 0.3 is 0 Å². The van der Waals surface area contributed by atoms with E-state index < -0.39 is 0 Å². The van der Waals surface area contributed by atoms with Gasteiger partial charge in [-0.15, -0.1) is 5.10 Å². The summed E-state index contributed by atoms with van der Waals surface area (Å²) in [4.78, 5) is 4.23. The van der Waals surface area contributed by atoms with Crippen molar-refractivity contribution in [3.63, 3.8) is 0 Å². The number of hydrogen-bond acceptors (Lipinski definition) is 4. The van der Waals surface area contributed by atoms with Crippen molar-refractivity contribution in [2.75, 3.05) is 0 Å². The zero-order valence-electron chi connectivity index (χ0n) is 7.56. The fourth-order valence-corrected chi connectivity index (χ4v) is 1.06. The third kappa shape index (κ3) is 1.58. The standard InChI is InChI=1S/C8H10N4O/c1-6-7(2)13-8(10-6)5-12-4-3-9-11-12/h3-4H,5H2,1-2H3. The second-order valence-corrected chi connectivity index (χ2v) is 2.85. The van der Waals surface area contributed by atoms with E-state index in [1.54, 1.807) is 17.1 Å². The minimum absolute atomic E-state index is 0.536. The number of hydrogen-bond donors (Lipinski definition) is 0. The van der Waals surface area contributed by atoms with E-state index in [0.29, 0.717) is 12.4 Å². The predicted molar refractivity (Wildman–Crippen MR) is 45.1 cm³/mol. The fourth-order valence-electron chi connectivity index (χ4n) is 1.06. The Bertz CT molecular complexity index is 371. The van der Waals surface area contributed by atoms with Crippen LogP contribution in [-0.2, 0) is 6.54 Å². The second-order valence-electron chi connectivity index (χ2n) is 2.85. The monoisotopic (exact) mass is 178 g/mol. The maximum absolute atomic E-state index is 5.39. The summed E-state index contributed by atoms with van der Waals surface area (Å²) in [5, 5.41) is 7.51. The van der Waals surface area contributed by atoms with E-state index in [2.05, 4.69) is 15.3 Å². The van der Waals surface area contributed by atoms with Crippen LogP contribution >= 0.6 is 0 Å². The molecule has 0 N–H and O–H groups in total. The molecule has 0 saturated carbocycles. The van der Waals surface area contributed by atoms with Crippen molar-refractivity contribution >= 4 is 0 Å². The Labute approximate surface area is 75.4 Å². The number of rotatable bonds is 2. The molecule has 0 spiro atoms. The highest BCUT2D eigenvalue weighted by Gasteiger charge is 2.05. The molecule has 0 bridgehead atoms. The highest BCUT2D eigenvalue weighted by atomic mass is 16.4. The molecule has 0 fully saturated rings. The van der Waals surface area contributed by atoms with Gasteiger partial charge in [-0.25, -0.2) is 9.67 Å². The molecule has 13 heavy (non-hydrogen) atoms. The normalized spacial score (nSPS) is 10.6. The van der Waals surface area contributed by atoms with Gasteiger partial charge in [0.1, 0.15) is 12.3 Å². The molecule has 0 aromatic carbocycles. The van der Waals surface area contributed by atoms with Gasteiger partial charge in [0.2, 0.25) is 5.89 Å². The molecule has 2 heterocycles. The minimum atomic E-state index is 0.536. The molecule has 68 valence electrons. The molecule has 0 unspecified atom stereocenters. The number of nitrogens with zero attached hydrogens (tertiary/aromatic N) is 4. The molecule has 2 rings (SSSR count). The van der Waals surface area contributed by atoms with Crippen LogP contribution in [0.1, 0.15) is 17.3 Å². The van der Waals surface area contributed by atoms with Gasteiger partial charge in [-0.2, -0.15) is 0 Å². The van der Waals surface area contributed by atoms with Crippen molar-refractivity contribution in [2.45, 2.75) is 20.4 Å². The van der Waals surface area contributed by atoms with Gasteiger partial charge in [0.05, 0.1) is 11.9 Å². The number of oxazole rings is 1. The highest BCUT2D eigenvalue weighted by molar-refractivity contribution is 5.05. The summed E-state index contributed by atoms with van der Waals surface area (Å²) in [5.41, 5.74) is 0.926. The SMILES string of the molecule is Cc1nc(Cn2ccnn2)oc1C. The van der Waals surface area contributed by atoms with Crippen LogP contribution in [0, 0.1) is 13.8 Å². The number of aromatic nitrogens is 4. The predicted octanol–water partition coefficient (Wildman–Crippen LogP) is 0.931. The maximum atomic E-state index is 5.39. The molecule has 0 aliphatic heterocycles. The van der Waals surface area contributed by atoms with Crippen molar-refractivity contribution in [2.24, 2.45) is 0 Å². The highest BCUT2D eigenvalue weighted by Crippen LogP contribution is 2.08. The largest absolute Gasteiger partial charge is 0.444 e. The minimum Gasteiger partial charge on any atom is -0.444 e. The smallest absolute Gasteiger partial charge is 0.216 e. The van der Waals surface area contributed by atoms with Crippen LogP contribution in [0.4, 0.5) is 0 Å². The van der Waals surface area contributed by atoms with Crippen LogP contribution in [0.3, 0.4) is 0 Å². The Morgan fingerprint density at radius 1 is 1.46 bits per heavy atom. The van der Waals surface area contributed by atoms with Gasteiger partial charge in [0.15, 0.2) is 0 Å². The molecule has 5 heteroatoms. The van der Waals surface area contributed by atoms with Gasteiger partial charge in [-0.05, 0) is 13.8 Å². The van der Waals surface area contributed by atoms with Crippen LogP contribution in [0.15, 0.2) is 16.8 Å². The zero-order chi connectivity index (χ0) is 9.26. The first-order valence-electron chi connectivity index (χ1n) is 4.02. The Balaban J connectivity index is 2.19. The van der Waals surface area contributed by atoms with Gasteiger partial charge in [-0.3, -0.25) is 0 Å². The Kier molecular flexibility index (Phi) is 1.84. The van der Waals surface area contributed by atoms with Crippen molar-refractivity contribution in [1.82, 2.24) is 20.0 Å². The quantitative estimate of drug-likeness (QED) is 0.686. The number of aryl methyl sites for hydroxylation is 2. The van der Waals surface area contributed by atoms with Crippen LogP contribution < -0.4 is 0 Å². The topological polar surface area (TPSA) is 56.7 Å². The first kappa shape index (κ1) is 7.97. The lowest BCUT2D eigenvalue weighted by molar-refractivity contribution is 0.442. The van der Waals surface area contributed by atoms with Crippen molar-refractivity contribution < 1.29 is 4.42 Å². The molecule has 0 aliphatic rings. The molecule has 0 atom stereocenters. The van der Waals surface area contributed by atoms with Crippen molar-refractivity contribution in [1.29, 1.82) is 0 Å². The zero-order valence-corrected chi connectivity index (χ0v) is 7.56. The lowest BCUT2D eigenvalue weighted by atomic mass is 10.4. The van der Waals surface area contributed by atoms with E-state index >= 15 is 0 Å². The summed E-state index contributed by atoms with van der Waals surface area (Å²) < 4.78 is 7.06. The Hall–Kier alpha value is -1.65. The molecule has 0 amide bonds. The summed E-state index contributed by atoms with van der Waals surface area (Å²) in [6.07, 6.45) is 3.40. The third-order valence-corrected chi connectivity index (χ3v) is 1.84. The van der Waals surface area contributed by atoms with E-state index in [4.69, 9.17) is 4.42 Å². The first-order chi connectivity index (χ1) is 6.25. The average Bonchev–Trinajstić information content (AvgIpc) is 2.64. The molecule has 0 aliphatic carbocycles. The van der Waals surface area contributed by atoms with Crippen molar-refractivity contribution in [3.05, 3.63) is 29.7 Å². The molecule has 2 aromatic heterocycles. The first-order valence-corrected chi connectivity index (χ1v) is 4.02. The lowest BCUT2D eigenvalue weighted by Gasteiger charge is -1.92. The maximum Gasteiger partial charge on any atom is 0.216 e. The van der Waals surface area contributed by atoms with E-state index in [9.17, 15) is 0 Å². The third-order valence-electron chi connectivity index (χ3n) is 1.84. The molecule has 5 nitrogen and oxygen atoms in total. The summed E-state index contributed by atoms with van der Waals surface area (Å²) in [6, 6.07) is 0. The van der Waals surface area contributed by atoms with E-state index in [-0.39, 0.29) is 0 Å². The van der Waals surface area contributed by atoms with E-state index in [1.807, 2.05) is 13.8 Å². The van der Waals surface area contributed by atoms with Crippen LogP contribution in [-0.4, -0.2) is 20.0 Å². The molecule has 0 saturated heterocycles. The molecule has 0 radical (unpaired) electrons. The molecular weight excluding hydrogens is 168 g/mol. The van der Waals surface area contributed by atoms with E-state index in [0.717, 1.165) is 11.5 Å². The summed E-state index contributed by atoms with van der Waals surface area (Å²) in [6.45, 7) is 4.35. The van der Waals surface area contributed by atoms with Crippen LogP contribution in [0.25, 0.3) is 0 Å². The Morgan fingerprint density at radius 2 is 2.31 bits per heavy atom. The van der Waals surface area contributed by atoms with Gasteiger partial charge in [-0.1, -0.05) is 5.21 Å². The summed E-state index contributed by atoms with van der Waals surface area (Å²) in [5.74, 6) is 1.52. The lowest BCUT2D eigenvalue weighted by Crippen LogP contribution is -2.00. The van der Waals surface area contributed by atoms with Gasteiger partial charge in [0.25, 0.3) is 0 Å². The van der Waals surface area contributed by atoms with Crippen LogP contribution in [0.2, 0.25) is 0 Å².